The third-order valence-electron chi connectivity index (χ3n) is 3.47. The molecule has 0 aliphatic carbocycles. The molecule has 0 bridgehead atoms. The zero-order valence-corrected chi connectivity index (χ0v) is 12.8. The fourth-order valence-corrected chi connectivity index (χ4v) is 2.24. The Balaban J connectivity index is 1.84. The monoisotopic (exact) mass is 322 g/mol. The number of benzene rings is 2. The minimum atomic E-state index is -0.578. The van der Waals surface area contributed by atoms with Crippen LogP contribution in [-0.2, 0) is 0 Å². The van der Waals surface area contributed by atoms with Crippen LogP contribution in [0.4, 0.5) is 0 Å². The molecule has 0 saturated carbocycles. The summed E-state index contributed by atoms with van der Waals surface area (Å²) in [5, 5.41) is 13.8. The van der Waals surface area contributed by atoms with Gasteiger partial charge in [0.15, 0.2) is 0 Å². The molecule has 3 rings (SSSR count). The number of hydrogen-bond donors (Lipinski definition) is 2. The summed E-state index contributed by atoms with van der Waals surface area (Å²) in [4.78, 5) is 24.3. The average molecular weight is 322 g/mol. The van der Waals surface area contributed by atoms with Gasteiger partial charge in [-0.3, -0.25) is 9.59 Å². The van der Waals surface area contributed by atoms with E-state index in [1.54, 1.807) is 24.3 Å². The minimum Gasteiger partial charge on any atom is -0.507 e. The molecule has 1 heterocycles. The molecule has 120 valence electrons. The predicted octanol–water partition coefficient (Wildman–Crippen LogP) is 2.57. The molecule has 0 aliphatic heterocycles. The van der Waals surface area contributed by atoms with Crippen molar-refractivity contribution in [2.75, 3.05) is 0 Å². The van der Waals surface area contributed by atoms with Gasteiger partial charge in [0, 0.05) is 0 Å². The maximum Gasteiger partial charge on any atom is 0.275 e. The summed E-state index contributed by atoms with van der Waals surface area (Å²) in [7, 11) is 0. The highest BCUT2D eigenvalue weighted by Gasteiger charge is 2.09. The Labute approximate surface area is 137 Å². The molecule has 0 fully saturated rings. The fourth-order valence-electron chi connectivity index (χ4n) is 2.24. The van der Waals surface area contributed by atoms with Crippen molar-refractivity contribution in [1.82, 2.24) is 5.43 Å². The first-order chi connectivity index (χ1) is 11.6. The van der Waals surface area contributed by atoms with Crippen LogP contribution in [0.3, 0.4) is 0 Å². The number of hydrogen-bond acceptors (Lipinski definition) is 5. The number of para-hydroxylation sites is 1. The highest BCUT2D eigenvalue weighted by molar-refractivity contribution is 5.97. The second-order valence-electron chi connectivity index (χ2n) is 5.24. The van der Waals surface area contributed by atoms with Crippen molar-refractivity contribution in [3.8, 4) is 5.75 Å². The first-order valence-electron chi connectivity index (χ1n) is 7.20. The summed E-state index contributed by atoms with van der Waals surface area (Å²) in [6.07, 6.45) is 2.50. The maximum absolute atomic E-state index is 12.4. The van der Waals surface area contributed by atoms with E-state index in [4.69, 9.17) is 4.42 Å². The molecule has 0 saturated heterocycles. The number of aromatic hydroxyl groups is 1. The Morgan fingerprint density at radius 3 is 2.83 bits per heavy atom. The lowest BCUT2D eigenvalue weighted by Crippen LogP contribution is -2.18. The van der Waals surface area contributed by atoms with Gasteiger partial charge < -0.3 is 9.52 Å². The molecule has 1 amide bonds. The van der Waals surface area contributed by atoms with Crippen LogP contribution in [0.15, 0.2) is 63.0 Å². The van der Waals surface area contributed by atoms with Gasteiger partial charge in [0.05, 0.1) is 22.7 Å². The number of carbonyl (C=O) groups is 1. The van der Waals surface area contributed by atoms with Crippen molar-refractivity contribution in [2.24, 2.45) is 5.10 Å². The molecule has 0 radical (unpaired) electrons. The molecule has 2 aromatic carbocycles. The summed E-state index contributed by atoms with van der Waals surface area (Å²) in [6.45, 7) is 1.88. The van der Waals surface area contributed by atoms with Crippen LogP contribution in [0, 0.1) is 6.92 Å². The van der Waals surface area contributed by atoms with E-state index < -0.39 is 5.91 Å². The van der Waals surface area contributed by atoms with Crippen LogP contribution in [0.1, 0.15) is 21.5 Å². The van der Waals surface area contributed by atoms with E-state index in [0.29, 0.717) is 11.0 Å². The minimum absolute atomic E-state index is 0.0934. The van der Waals surface area contributed by atoms with Gasteiger partial charge in [-0.1, -0.05) is 23.8 Å². The van der Waals surface area contributed by atoms with E-state index >= 15 is 0 Å². The number of aryl methyl sites for hydroxylation is 1. The Morgan fingerprint density at radius 1 is 1.25 bits per heavy atom. The Morgan fingerprint density at radius 2 is 2.04 bits per heavy atom. The molecule has 0 aliphatic rings. The van der Waals surface area contributed by atoms with Crippen molar-refractivity contribution in [3.63, 3.8) is 0 Å². The quantitative estimate of drug-likeness (QED) is 0.572. The third-order valence-corrected chi connectivity index (χ3v) is 3.47. The molecule has 2 N–H and O–H groups in total. The molecule has 0 atom stereocenters. The van der Waals surface area contributed by atoms with Gasteiger partial charge in [-0.25, -0.2) is 5.43 Å². The van der Waals surface area contributed by atoms with E-state index in [0.717, 1.165) is 5.56 Å². The topological polar surface area (TPSA) is 91.9 Å². The van der Waals surface area contributed by atoms with Gasteiger partial charge in [0.25, 0.3) is 5.91 Å². The molecule has 6 heteroatoms. The number of nitrogens with zero attached hydrogens (tertiary/aromatic N) is 1. The number of nitrogens with one attached hydrogen (secondary N) is 1. The third kappa shape index (κ3) is 3.03. The van der Waals surface area contributed by atoms with Crippen LogP contribution >= 0.6 is 0 Å². The van der Waals surface area contributed by atoms with Gasteiger partial charge in [0.2, 0.25) is 5.43 Å². The Bertz CT molecular complexity index is 1010. The van der Waals surface area contributed by atoms with Crippen molar-refractivity contribution in [3.05, 3.63) is 75.6 Å². The van der Waals surface area contributed by atoms with Crippen LogP contribution in [0.25, 0.3) is 11.0 Å². The van der Waals surface area contributed by atoms with E-state index in [-0.39, 0.29) is 22.3 Å². The van der Waals surface area contributed by atoms with E-state index in [1.807, 2.05) is 13.0 Å². The number of amides is 1. The van der Waals surface area contributed by atoms with E-state index in [2.05, 4.69) is 10.5 Å². The Hall–Kier alpha value is -3.41. The zero-order valence-electron chi connectivity index (χ0n) is 12.8. The average Bonchev–Trinajstić information content (AvgIpc) is 2.57. The summed E-state index contributed by atoms with van der Waals surface area (Å²) >= 11 is 0. The van der Waals surface area contributed by atoms with Crippen molar-refractivity contribution >= 4 is 23.1 Å². The summed E-state index contributed by atoms with van der Waals surface area (Å²) in [6, 6.07) is 11.4. The molecular formula is C18H14N2O4. The van der Waals surface area contributed by atoms with E-state index in [1.165, 1.54) is 24.6 Å². The van der Waals surface area contributed by atoms with Gasteiger partial charge in [0.1, 0.15) is 17.6 Å². The standard InChI is InChI=1S/C18H14N2O4/c1-11-6-7-16-14(8-11)17(22)12(10-24-16)9-19-20-18(23)13-4-2-3-5-15(13)21/h2-10,21H,1H3,(H,20,23). The van der Waals surface area contributed by atoms with Crippen LogP contribution in [0.2, 0.25) is 0 Å². The van der Waals surface area contributed by atoms with Crippen LogP contribution in [0.5, 0.6) is 5.75 Å². The first-order valence-corrected chi connectivity index (χ1v) is 7.20. The van der Waals surface area contributed by atoms with Gasteiger partial charge in [-0.2, -0.15) is 5.10 Å². The normalized spacial score (nSPS) is 11.0. The first kappa shape index (κ1) is 15.5. The molecule has 24 heavy (non-hydrogen) atoms. The molecular weight excluding hydrogens is 308 g/mol. The van der Waals surface area contributed by atoms with Crippen LogP contribution < -0.4 is 10.9 Å². The zero-order chi connectivity index (χ0) is 17.1. The number of rotatable bonds is 3. The summed E-state index contributed by atoms with van der Waals surface area (Å²) in [5.74, 6) is -0.726. The number of carbonyl (C=O) groups excluding carboxylic acids is 1. The van der Waals surface area contributed by atoms with Gasteiger partial charge in [-0.05, 0) is 31.2 Å². The number of phenolic OH excluding ortho intramolecular Hbond substituents is 1. The molecule has 1 aromatic heterocycles. The van der Waals surface area contributed by atoms with Crippen molar-refractivity contribution in [1.29, 1.82) is 0 Å². The maximum atomic E-state index is 12.4. The Kier molecular flexibility index (Phi) is 4.11. The second-order valence-corrected chi connectivity index (χ2v) is 5.24. The molecule has 6 nitrogen and oxygen atoms in total. The van der Waals surface area contributed by atoms with Gasteiger partial charge >= 0.3 is 0 Å². The fraction of sp³-hybridized carbons (Fsp3) is 0.0556. The number of fused-ring (bicyclic) bond motifs is 1. The largest absolute Gasteiger partial charge is 0.507 e. The molecule has 0 spiro atoms. The lowest BCUT2D eigenvalue weighted by Gasteiger charge is -2.02. The van der Waals surface area contributed by atoms with E-state index in [9.17, 15) is 14.7 Å². The smallest absolute Gasteiger partial charge is 0.275 e. The highest BCUT2D eigenvalue weighted by Crippen LogP contribution is 2.15. The molecule has 0 unspecified atom stereocenters. The second kappa shape index (κ2) is 6.37. The van der Waals surface area contributed by atoms with Crippen molar-refractivity contribution in [2.45, 2.75) is 6.92 Å². The SMILES string of the molecule is Cc1ccc2occ(C=NNC(=O)c3ccccc3O)c(=O)c2c1. The molecule has 3 aromatic rings. The lowest BCUT2D eigenvalue weighted by molar-refractivity contribution is 0.0952. The summed E-state index contributed by atoms with van der Waals surface area (Å²) in [5.41, 5.74) is 3.76. The van der Waals surface area contributed by atoms with Gasteiger partial charge in [-0.15, -0.1) is 0 Å². The van der Waals surface area contributed by atoms with Crippen molar-refractivity contribution < 1.29 is 14.3 Å². The predicted molar refractivity (Wildman–Crippen MR) is 90.4 cm³/mol. The number of phenols is 1. The highest BCUT2D eigenvalue weighted by atomic mass is 16.3. The van der Waals surface area contributed by atoms with Crippen LogP contribution in [-0.4, -0.2) is 17.2 Å². The number of hydrazone groups is 1. The summed E-state index contributed by atoms with van der Waals surface area (Å²) < 4.78 is 5.40. The lowest BCUT2D eigenvalue weighted by atomic mass is 10.1.